The summed E-state index contributed by atoms with van der Waals surface area (Å²) in [4.78, 5) is 16.5. The summed E-state index contributed by atoms with van der Waals surface area (Å²) < 4.78 is 14.8. The van der Waals surface area contributed by atoms with Gasteiger partial charge in [0.2, 0.25) is 0 Å². The van der Waals surface area contributed by atoms with Gasteiger partial charge in [0.25, 0.3) is 5.91 Å². The van der Waals surface area contributed by atoms with Crippen molar-refractivity contribution in [3.63, 3.8) is 0 Å². The number of carbonyl (C=O) groups excluding carboxylic acids is 1. The molecule has 0 saturated heterocycles. The Labute approximate surface area is 104 Å². The molecule has 1 saturated carbocycles. The van der Waals surface area contributed by atoms with Gasteiger partial charge in [-0.2, -0.15) is 0 Å². The monoisotopic (exact) mass is 247 g/mol. The molecule has 0 aromatic carbocycles. The molecule has 1 aliphatic rings. The number of rotatable bonds is 3. The van der Waals surface area contributed by atoms with E-state index in [0.717, 1.165) is 12.8 Å². The highest BCUT2D eigenvalue weighted by Gasteiger charge is 2.26. The zero-order chi connectivity index (χ0) is 12.7. The van der Waals surface area contributed by atoms with Gasteiger partial charge in [0.15, 0.2) is 0 Å². The molecule has 1 aliphatic carbocycles. The van der Waals surface area contributed by atoms with Crippen LogP contribution < -0.4 is 5.32 Å². The molecule has 1 fully saturated rings. The third-order valence-electron chi connectivity index (χ3n) is 3.12. The molecular weight excluding hydrogens is 233 g/mol. The summed E-state index contributed by atoms with van der Waals surface area (Å²) in [5.41, 5.74) is 1.77. The van der Waals surface area contributed by atoms with Gasteiger partial charge in [-0.05, 0) is 31.4 Å². The summed E-state index contributed by atoms with van der Waals surface area (Å²) in [6, 6.07) is 3.22. The van der Waals surface area contributed by atoms with Crippen LogP contribution in [-0.2, 0) is 6.42 Å². The number of hydrogen-bond donors (Lipinski definition) is 1. The molecule has 0 bridgehead atoms. The number of imidazole rings is 1. The van der Waals surface area contributed by atoms with Crippen molar-refractivity contribution in [2.45, 2.75) is 32.2 Å². The Hall–Kier alpha value is -1.91. The van der Waals surface area contributed by atoms with Crippen LogP contribution in [0.15, 0.2) is 18.3 Å². The van der Waals surface area contributed by atoms with Crippen molar-refractivity contribution < 1.29 is 9.18 Å². The number of aromatic nitrogens is 2. The quantitative estimate of drug-likeness (QED) is 0.900. The molecule has 0 atom stereocenters. The molecule has 2 aromatic heterocycles. The fourth-order valence-corrected chi connectivity index (χ4v) is 2.04. The van der Waals surface area contributed by atoms with E-state index in [2.05, 4.69) is 10.3 Å². The lowest BCUT2D eigenvalue weighted by molar-refractivity contribution is 0.0944. The van der Waals surface area contributed by atoms with Crippen LogP contribution in [0.1, 0.15) is 35.9 Å². The Morgan fingerprint density at radius 1 is 1.56 bits per heavy atom. The van der Waals surface area contributed by atoms with Crippen LogP contribution in [0.25, 0.3) is 5.65 Å². The van der Waals surface area contributed by atoms with Gasteiger partial charge in [0.1, 0.15) is 17.2 Å². The summed E-state index contributed by atoms with van der Waals surface area (Å²) >= 11 is 0. The standard InChI is InChI=1S/C13H14FN3O/c1-2-10-12(13(18)15-9-4-5-9)17-7-8(14)3-6-11(17)16-10/h3,6-7,9H,2,4-5H2,1H3,(H,15,18). The summed E-state index contributed by atoms with van der Waals surface area (Å²) in [5.74, 6) is -0.532. The number of pyridine rings is 1. The summed E-state index contributed by atoms with van der Waals surface area (Å²) in [5, 5.41) is 2.92. The van der Waals surface area contributed by atoms with Gasteiger partial charge in [0, 0.05) is 12.2 Å². The maximum atomic E-state index is 13.3. The van der Waals surface area contributed by atoms with Crippen molar-refractivity contribution >= 4 is 11.6 Å². The van der Waals surface area contributed by atoms with E-state index in [-0.39, 0.29) is 17.8 Å². The van der Waals surface area contributed by atoms with Gasteiger partial charge >= 0.3 is 0 Å². The van der Waals surface area contributed by atoms with Crippen molar-refractivity contribution in [3.8, 4) is 0 Å². The Kier molecular flexibility index (Phi) is 2.54. The topological polar surface area (TPSA) is 46.4 Å². The Bertz CT molecular complexity index is 616. The number of halogens is 1. The van der Waals surface area contributed by atoms with Crippen molar-refractivity contribution in [1.82, 2.24) is 14.7 Å². The van der Waals surface area contributed by atoms with Crippen LogP contribution in [0, 0.1) is 5.82 Å². The van der Waals surface area contributed by atoms with E-state index in [9.17, 15) is 9.18 Å². The normalized spacial score (nSPS) is 15.0. The smallest absolute Gasteiger partial charge is 0.270 e. The second-order valence-electron chi connectivity index (χ2n) is 4.58. The average molecular weight is 247 g/mol. The highest BCUT2D eigenvalue weighted by atomic mass is 19.1. The van der Waals surface area contributed by atoms with Crippen molar-refractivity contribution in [1.29, 1.82) is 0 Å². The largest absolute Gasteiger partial charge is 0.348 e. The number of aryl methyl sites for hydroxylation is 1. The molecule has 4 nitrogen and oxygen atoms in total. The molecule has 5 heteroatoms. The highest BCUT2D eigenvalue weighted by molar-refractivity contribution is 5.95. The first-order valence-electron chi connectivity index (χ1n) is 6.16. The molecule has 0 radical (unpaired) electrons. The van der Waals surface area contributed by atoms with E-state index in [4.69, 9.17) is 0 Å². The minimum absolute atomic E-state index is 0.160. The lowest BCUT2D eigenvalue weighted by atomic mass is 10.2. The summed E-state index contributed by atoms with van der Waals surface area (Å²) in [6.07, 6.45) is 4.01. The molecule has 2 aromatic rings. The van der Waals surface area contributed by atoms with Crippen molar-refractivity contribution in [3.05, 3.63) is 35.5 Å². The van der Waals surface area contributed by atoms with Gasteiger partial charge in [-0.1, -0.05) is 6.92 Å². The van der Waals surface area contributed by atoms with Crippen LogP contribution in [0.3, 0.4) is 0 Å². The number of fused-ring (bicyclic) bond motifs is 1. The third-order valence-corrected chi connectivity index (χ3v) is 3.12. The molecule has 1 N–H and O–H groups in total. The number of amides is 1. The lowest BCUT2D eigenvalue weighted by Crippen LogP contribution is -2.27. The number of carbonyl (C=O) groups is 1. The number of nitrogens with zero attached hydrogens (tertiary/aromatic N) is 2. The Balaban J connectivity index is 2.10. The van der Waals surface area contributed by atoms with Gasteiger partial charge in [-0.25, -0.2) is 9.37 Å². The minimum Gasteiger partial charge on any atom is -0.348 e. The number of nitrogens with one attached hydrogen (secondary N) is 1. The van der Waals surface area contributed by atoms with Gasteiger partial charge in [-0.3, -0.25) is 9.20 Å². The molecule has 0 aliphatic heterocycles. The SMILES string of the molecule is CCc1nc2ccc(F)cn2c1C(=O)NC1CC1. The summed E-state index contributed by atoms with van der Waals surface area (Å²) in [6.45, 7) is 1.94. The molecule has 0 unspecified atom stereocenters. The molecular formula is C13H14FN3O. The van der Waals surface area contributed by atoms with Crippen LogP contribution >= 0.6 is 0 Å². The molecule has 94 valence electrons. The molecule has 3 rings (SSSR count). The zero-order valence-corrected chi connectivity index (χ0v) is 10.1. The van der Waals surface area contributed by atoms with E-state index >= 15 is 0 Å². The average Bonchev–Trinajstić information content (AvgIpc) is 3.07. The van der Waals surface area contributed by atoms with Crippen LogP contribution in [0.5, 0.6) is 0 Å². The number of hydrogen-bond acceptors (Lipinski definition) is 2. The van der Waals surface area contributed by atoms with E-state index in [0.29, 0.717) is 23.5 Å². The Morgan fingerprint density at radius 3 is 3.00 bits per heavy atom. The van der Waals surface area contributed by atoms with Gasteiger partial charge in [-0.15, -0.1) is 0 Å². The van der Waals surface area contributed by atoms with E-state index in [1.54, 1.807) is 6.07 Å². The predicted molar refractivity (Wildman–Crippen MR) is 65.0 cm³/mol. The zero-order valence-electron chi connectivity index (χ0n) is 10.1. The van der Waals surface area contributed by atoms with Crippen molar-refractivity contribution in [2.24, 2.45) is 0 Å². The second-order valence-corrected chi connectivity index (χ2v) is 4.58. The molecule has 0 spiro atoms. The van der Waals surface area contributed by atoms with Crippen LogP contribution in [0.4, 0.5) is 4.39 Å². The van der Waals surface area contributed by atoms with Crippen LogP contribution in [-0.4, -0.2) is 21.3 Å². The second kappa shape index (κ2) is 4.08. The molecule has 1 amide bonds. The lowest BCUT2D eigenvalue weighted by Gasteiger charge is -2.05. The van der Waals surface area contributed by atoms with E-state index in [1.807, 2.05) is 6.92 Å². The van der Waals surface area contributed by atoms with Gasteiger partial charge < -0.3 is 5.32 Å². The fraction of sp³-hybridized carbons (Fsp3) is 0.385. The summed E-state index contributed by atoms with van der Waals surface area (Å²) in [7, 11) is 0. The minimum atomic E-state index is -0.372. The highest BCUT2D eigenvalue weighted by Crippen LogP contribution is 2.21. The first-order chi connectivity index (χ1) is 8.69. The van der Waals surface area contributed by atoms with E-state index in [1.165, 1.54) is 16.7 Å². The Morgan fingerprint density at radius 2 is 2.33 bits per heavy atom. The predicted octanol–water partition coefficient (Wildman–Crippen LogP) is 1.93. The van der Waals surface area contributed by atoms with Crippen molar-refractivity contribution in [2.75, 3.05) is 0 Å². The third kappa shape index (κ3) is 1.85. The maximum absolute atomic E-state index is 13.3. The van der Waals surface area contributed by atoms with Gasteiger partial charge in [0.05, 0.1) is 5.69 Å². The van der Waals surface area contributed by atoms with Crippen LogP contribution in [0.2, 0.25) is 0 Å². The maximum Gasteiger partial charge on any atom is 0.270 e. The fourth-order valence-electron chi connectivity index (χ4n) is 2.04. The van der Waals surface area contributed by atoms with E-state index < -0.39 is 0 Å². The molecule has 18 heavy (non-hydrogen) atoms. The first-order valence-corrected chi connectivity index (χ1v) is 6.16. The first kappa shape index (κ1) is 11.2. The molecule has 2 heterocycles.